The van der Waals surface area contributed by atoms with Crippen LogP contribution in [0.25, 0.3) is 0 Å². The second kappa shape index (κ2) is 5.32. The predicted octanol–water partition coefficient (Wildman–Crippen LogP) is 2.54. The first-order valence-corrected chi connectivity index (χ1v) is 6.15. The largest absolute Gasteiger partial charge is 0.336 e. The maximum atomic E-state index is 11.9. The molecule has 0 spiro atoms. The summed E-state index contributed by atoms with van der Waals surface area (Å²) in [4.78, 5) is 25.5. The molecular weight excluding hydrogens is 238 g/mol. The molecule has 2 rings (SSSR count). The number of ketones is 1. The number of carbonyl (C=O) groups excluding carboxylic acids is 2. The molecule has 0 atom stereocenters. The molecule has 1 aromatic rings. The van der Waals surface area contributed by atoms with E-state index in [-0.39, 0.29) is 0 Å². The SMILES string of the molecule is O=C(C(=O)N1CCCCC1)c1cccc(Cl)c1. The van der Waals surface area contributed by atoms with Crippen LogP contribution in [0.2, 0.25) is 5.02 Å². The number of piperidine rings is 1. The minimum absolute atomic E-state index is 0.369. The van der Waals surface area contributed by atoms with E-state index in [1.807, 2.05) is 0 Å². The first kappa shape index (κ1) is 12.1. The van der Waals surface area contributed by atoms with Gasteiger partial charge in [0.15, 0.2) is 0 Å². The Morgan fingerprint density at radius 1 is 1.12 bits per heavy atom. The zero-order valence-electron chi connectivity index (χ0n) is 9.49. The van der Waals surface area contributed by atoms with E-state index in [0.717, 1.165) is 19.3 Å². The van der Waals surface area contributed by atoms with Crippen LogP contribution in [0, 0.1) is 0 Å². The van der Waals surface area contributed by atoms with E-state index in [0.29, 0.717) is 23.7 Å². The second-order valence-corrected chi connectivity index (χ2v) is 4.63. The fourth-order valence-corrected chi connectivity index (χ4v) is 2.18. The van der Waals surface area contributed by atoms with Crippen molar-refractivity contribution in [2.45, 2.75) is 19.3 Å². The lowest BCUT2D eigenvalue weighted by atomic mass is 10.1. The number of carbonyl (C=O) groups is 2. The third-order valence-electron chi connectivity index (χ3n) is 2.92. The van der Waals surface area contributed by atoms with Gasteiger partial charge in [-0.15, -0.1) is 0 Å². The topological polar surface area (TPSA) is 37.4 Å². The van der Waals surface area contributed by atoms with Crippen LogP contribution in [0.5, 0.6) is 0 Å². The molecule has 1 aliphatic heterocycles. The van der Waals surface area contributed by atoms with Gasteiger partial charge in [-0.05, 0) is 31.4 Å². The van der Waals surface area contributed by atoms with Gasteiger partial charge >= 0.3 is 0 Å². The van der Waals surface area contributed by atoms with Crippen LogP contribution in [0.3, 0.4) is 0 Å². The Hall–Kier alpha value is -1.35. The molecular formula is C13H14ClNO2. The molecule has 1 fully saturated rings. The summed E-state index contributed by atoms with van der Waals surface area (Å²) >= 11 is 5.80. The van der Waals surface area contributed by atoms with Gasteiger partial charge in [-0.1, -0.05) is 23.7 Å². The maximum absolute atomic E-state index is 11.9. The Kier molecular flexibility index (Phi) is 3.79. The molecule has 1 aromatic carbocycles. The number of amides is 1. The van der Waals surface area contributed by atoms with Gasteiger partial charge in [0.05, 0.1) is 0 Å². The van der Waals surface area contributed by atoms with Crippen molar-refractivity contribution in [1.29, 1.82) is 0 Å². The molecule has 1 aliphatic rings. The summed E-state index contributed by atoms with van der Waals surface area (Å²) in [5.41, 5.74) is 0.369. The summed E-state index contributed by atoms with van der Waals surface area (Å²) in [6.07, 6.45) is 3.10. The van der Waals surface area contributed by atoms with Gasteiger partial charge < -0.3 is 4.90 Å². The van der Waals surface area contributed by atoms with Crippen molar-refractivity contribution < 1.29 is 9.59 Å². The highest BCUT2D eigenvalue weighted by molar-refractivity contribution is 6.43. The number of Topliss-reactive ketones (excluding diaryl/α,β-unsaturated/α-hetero) is 1. The Morgan fingerprint density at radius 3 is 2.47 bits per heavy atom. The third-order valence-corrected chi connectivity index (χ3v) is 3.16. The summed E-state index contributed by atoms with van der Waals surface area (Å²) < 4.78 is 0. The summed E-state index contributed by atoms with van der Waals surface area (Å²) in [5.74, 6) is -0.874. The van der Waals surface area contributed by atoms with E-state index in [2.05, 4.69) is 0 Å². The molecule has 1 saturated heterocycles. The molecule has 4 heteroatoms. The Bertz CT molecular complexity index is 439. The van der Waals surface area contributed by atoms with Crippen LogP contribution in [0.15, 0.2) is 24.3 Å². The molecule has 0 aromatic heterocycles. The zero-order chi connectivity index (χ0) is 12.3. The summed E-state index contributed by atoms with van der Waals surface area (Å²) in [5, 5.41) is 0.474. The molecule has 1 heterocycles. The highest BCUT2D eigenvalue weighted by atomic mass is 35.5. The number of halogens is 1. The van der Waals surface area contributed by atoms with E-state index in [1.165, 1.54) is 6.07 Å². The van der Waals surface area contributed by atoms with Crippen molar-refractivity contribution >= 4 is 23.3 Å². The van der Waals surface area contributed by atoms with E-state index in [4.69, 9.17) is 11.6 Å². The number of hydrogen-bond donors (Lipinski definition) is 0. The second-order valence-electron chi connectivity index (χ2n) is 4.19. The lowest BCUT2D eigenvalue weighted by molar-refractivity contribution is -0.127. The van der Waals surface area contributed by atoms with Crippen molar-refractivity contribution in [2.24, 2.45) is 0 Å². The van der Waals surface area contributed by atoms with Crippen LogP contribution in [0.1, 0.15) is 29.6 Å². The molecule has 17 heavy (non-hydrogen) atoms. The van der Waals surface area contributed by atoms with Crippen LogP contribution in [0.4, 0.5) is 0 Å². The monoisotopic (exact) mass is 251 g/mol. The van der Waals surface area contributed by atoms with Crippen LogP contribution < -0.4 is 0 Å². The van der Waals surface area contributed by atoms with Gasteiger partial charge in [-0.2, -0.15) is 0 Å². The fraction of sp³-hybridized carbons (Fsp3) is 0.385. The molecule has 0 bridgehead atoms. The number of benzene rings is 1. The molecule has 0 radical (unpaired) electrons. The Balaban J connectivity index is 2.11. The normalized spacial score (nSPS) is 15.7. The first-order chi connectivity index (χ1) is 8.18. The summed E-state index contributed by atoms with van der Waals surface area (Å²) in [6, 6.07) is 6.52. The van der Waals surface area contributed by atoms with Crippen molar-refractivity contribution in [3.05, 3.63) is 34.9 Å². The van der Waals surface area contributed by atoms with E-state index in [1.54, 1.807) is 23.1 Å². The lowest BCUT2D eigenvalue weighted by Crippen LogP contribution is -2.40. The van der Waals surface area contributed by atoms with Gasteiger partial charge in [0.25, 0.3) is 5.91 Å². The molecule has 1 amide bonds. The average Bonchev–Trinajstić information content (AvgIpc) is 2.38. The molecule has 0 aliphatic carbocycles. The molecule has 0 N–H and O–H groups in total. The summed E-state index contributed by atoms with van der Waals surface area (Å²) in [7, 11) is 0. The molecule has 0 unspecified atom stereocenters. The van der Waals surface area contributed by atoms with E-state index < -0.39 is 11.7 Å². The number of likely N-dealkylation sites (tertiary alicyclic amines) is 1. The lowest BCUT2D eigenvalue weighted by Gasteiger charge is -2.25. The number of rotatable bonds is 2. The van der Waals surface area contributed by atoms with Crippen molar-refractivity contribution in [2.75, 3.05) is 13.1 Å². The summed E-state index contributed by atoms with van der Waals surface area (Å²) in [6.45, 7) is 1.37. The molecule has 90 valence electrons. The smallest absolute Gasteiger partial charge is 0.294 e. The minimum atomic E-state index is -0.464. The maximum Gasteiger partial charge on any atom is 0.294 e. The predicted molar refractivity (Wildman–Crippen MR) is 66.2 cm³/mol. The number of hydrogen-bond acceptors (Lipinski definition) is 2. The van der Waals surface area contributed by atoms with Gasteiger partial charge in [0, 0.05) is 23.7 Å². The van der Waals surface area contributed by atoms with Crippen LogP contribution >= 0.6 is 11.6 Å². The minimum Gasteiger partial charge on any atom is -0.336 e. The van der Waals surface area contributed by atoms with E-state index in [9.17, 15) is 9.59 Å². The van der Waals surface area contributed by atoms with Crippen molar-refractivity contribution in [1.82, 2.24) is 4.90 Å². The van der Waals surface area contributed by atoms with E-state index >= 15 is 0 Å². The highest BCUT2D eigenvalue weighted by Gasteiger charge is 2.24. The standard InChI is InChI=1S/C13H14ClNO2/c14-11-6-4-5-10(9-11)12(16)13(17)15-7-2-1-3-8-15/h4-6,9H,1-3,7-8H2. The fourth-order valence-electron chi connectivity index (χ4n) is 1.99. The third kappa shape index (κ3) is 2.86. The van der Waals surface area contributed by atoms with Gasteiger partial charge in [-0.3, -0.25) is 9.59 Å². The first-order valence-electron chi connectivity index (χ1n) is 5.77. The van der Waals surface area contributed by atoms with Crippen LogP contribution in [-0.4, -0.2) is 29.7 Å². The average molecular weight is 252 g/mol. The molecule has 0 saturated carbocycles. The highest BCUT2D eigenvalue weighted by Crippen LogP contribution is 2.14. The quantitative estimate of drug-likeness (QED) is 0.598. The zero-order valence-corrected chi connectivity index (χ0v) is 10.2. The van der Waals surface area contributed by atoms with Crippen molar-refractivity contribution in [3.63, 3.8) is 0 Å². The Morgan fingerprint density at radius 2 is 1.82 bits per heavy atom. The van der Waals surface area contributed by atoms with Gasteiger partial charge in [0.2, 0.25) is 5.78 Å². The van der Waals surface area contributed by atoms with Crippen molar-refractivity contribution in [3.8, 4) is 0 Å². The van der Waals surface area contributed by atoms with Gasteiger partial charge in [-0.25, -0.2) is 0 Å². The Labute approximate surface area is 105 Å². The number of nitrogens with zero attached hydrogens (tertiary/aromatic N) is 1. The van der Waals surface area contributed by atoms with Crippen LogP contribution in [-0.2, 0) is 4.79 Å². The van der Waals surface area contributed by atoms with Gasteiger partial charge in [0.1, 0.15) is 0 Å². The molecule has 3 nitrogen and oxygen atoms in total.